The van der Waals surface area contributed by atoms with Gasteiger partial charge in [0.1, 0.15) is 0 Å². The van der Waals surface area contributed by atoms with E-state index in [2.05, 4.69) is 20.8 Å². The molecule has 2 N–H and O–H groups in total. The monoisotopic (exact) mass is 656 g/mol. The van der Waals surface area contributed by atoms with E-state index in [-0.39, 0.29) is 47.3 Å². The summed E-state index contributed by atoms with van der Waals surface area (Å²) in [5, 5.41) is 23.7. The molecule has 0 bridgehead atoms. The lowest BCUT2D eigenvalue weighted by Crippen LogP contribution is -2.62. The van der Waals surface area contributed by atoms with Crippen LogP contribution in [0.1, 0.15) is 110 Å². The molecule has 6 aliphatic rings. The molecule has 2 aromatic carbocycles. The number of carbonyl (C=O) groups is 1. The number of ketones is 1. The lowest BCUT2D eigenvalue weighted by atomic mass is 9.45. The normalized spacial score (nSPS) is 45.2. The number of benzene rings is 2. The highest BCUT2D eigenvalue weighted by atomic mass is 16.7. The number of ether oxygens (including phenoxy) is 4. The van der Waals surface area contributed by atoms with Crippen molar-refractivity contribution in [1.82, 2.24) is 0 Å². The molecule has 0 radical (unpaired) electrons. The van der Waals surface area contributed by atoms with Crippen LogP contribution in [0.15, 0.2) is 72.3 Å². The fourth-order valence-corrected chi connectivity index (χ4v) is 11.2. The highest BCUT2D eigenvalue weighted by Gasteiger charge is 2.71. The summed E-state index contributed by atoms with van der Waals surface area (Å²) >= 11 is 0. The van der Waals surface area contributed by atoms with Gasteiger partial charge in [0.15, 0.2) is 18.4 Å². The van der Waals surface area contributed by atoms with Crippen LogP contribution >= 0.6 is 0 Å². The van der Waals surface area contributed by atoms with E-state index < -0.39 is 34.8 Å². The van der Waals surface area contributed by atoms with Crippen LogP contribution in [-0.4, -0.2) is 51.1 Å². The standard InChI is InChI=1S/C41H52O7/c1-37(2,43)19-18-34-40(5,48-36(47-34)26-14-10-7-11-15-26)33-17-21-41(44)28-22-30(42)29-23-31-32(46-35(45-31)25-12-8-6-9-13-25)24-38(29,3)27(28)16-20-39(33,41)4/h6-15,22,27,29,31-36,43-44H,16-21,23-24H2,1-5H3/t27-,29-,31+,32-,33-,34+,35+,36+,38+,39+,40+,41+/m0/s1. The first-order chi connectivity index (χ1) is 22.8. The van der Waals surface area contributed by atoms with Crippen LogP contribution < -0.4 is 0 Å². The number of rotatable bonds is 6. The first-order valence-electron chi connectivity index (χ1n) is 18.2. The van der Waals surface area contributed by atoms with Crippen molar-refractivity contribution >= 4 is 5.78 Å². The van der Waals surface area contributed by atoms with E-state index in [0.29, 0.717) is 25.7 Å². The van der Waals surface area contributed by atoms with Crippen LogP contribution in [-0.2, 0) is 23.7 Å². The highest BCUT2D eigenvalue weighted by Crippen LogP contribution is 2.70. The van der Waals surface area contributed by atoms with Crippen LogP contribution in [0.25, 0.3) is 0 Å². The third kappa shape index (κ3) is 4.94. The van der Waals surface area contributed by atoms with Crippen molar-refractivity contribution in [3.05, 3.63) is 83.4 Å². The van der Waals surface area contributed by atoms with Gasteiger partial charge in [-0.2, -0.15) is 0 Å². The third-order valence-electron chi connectivity index (χ3n) is 13.8. The number of aliphatic hydroxyl groups is 2. The van der Waals surface area contributed by atoms with Gasteiger partial charge in [0.2, 0.25) is 0 Å². The molecule has 8 rings (SSSR count). The third-order valence-corrected chi connectivity index (χ3v) is 13.8. The molecule has 0 amide bonds. The molecule has 0 spiro atoms. The summed E-state index contributed by atoms with van der Waals surface area (Å²) in [6.07, 6.45) is 6.14. The van der Waals surface area contributed by atoms with Crippen molar-refractivity contribution in [2.75, 3.05) is 0 Å². The zero-order chi connectivity index (χ0) is 33.7. The maximum Gasteiger partial charge on any atom is 0.185 e. The molecular weight excluding hydrogens is 604 g/mol. The molecule has 2 aliphatic heterocycles. The minimum absolute atomic E-state index is 0.00747. The zero-order valence-corrected chi connectivity index (χ0v) is 29.1. The molecule has 258 valence electrons. The van der Waals surface area contributed by atoms with Gasteiger partial charge in [-0.25, -0.2) is 0 Å². The van der Waals surface area contributed by atoms with E-state index in [4.69, 9.17) is 18.9 Å². The van der Waals surface area contributed by atoms with Crippen LogP contribution in [0.4, 0.5) is 0 Å². The van der Waals surface area contributed by atoms with Crippen molar-refractivity contribution in [3.63, 3.8) is 0 Å². The Kier molecular flexibility index (Phi) is 7.73. The molecule has 3 saturated carbocycles. The molecular formula is C41H52O7. The Hall–Kier alpha value is -2.39. The SMILES string of the molecule is CC(C)(O)CC[C@H]1O[C@@H](c2ccccc2)O[C@]1(C)[C@H]1CC[C@@]2(O)C3=CC(=O)[C@@H]4C[C@H]5O[C@@H](c6ccccc6)O[C@H]5C[C@]4(C)[C@H]3CC[C@]12C. The predicted octanol–water partition coefficient (Wildman–Crippen LogP) is 7.38. The topological polar surface area (TPSA) is 94.5 Å². The number of carbonyl (C=O) groups excluding carboxylic acids is 1. The van der Waals surface area contributed by atoms with Gasteiger partial charge < -0.3 is 29.2 Å². The summed E-state index contributed by atoms with van der Waals surface area (Å²) in [7, 11) is 0. The minimum Gasteiger partial charge on any atom is -0.390 e. The lowest BCUT2D eigenvalue weighted by Gasteiger charge is -2.60. The second-order valence-electron chi connectivity index (χ2n) is 17.1. The molecule has 0 unspecified atom stereocenters. The fourth-order valence-electron chi connectivity index (χ4n) is 11.2. The number of fused-ring (bicyclic) bond motifs is 6. The predicted molar refractivity (Wildman–Crippen MR) is 180 cm³/mol. The minimum atomic E-state index is -1.13. The van der Waals surface area contributed by atoms with E-state index in [9.17, 15) is 15.0 Å². The van der Waals surface area contributed by atoms with Gasteiger partial charge in [-0.05, 0) is 101 Å². The van der Waals surface area contributed by atoms with Crippen LogP contribution in [0, 0.1) is 28.6 Å². The van der Waals surface area contributed by atoms with Gasteiger partial charge in [0.25, 0.3) is 0 Å². The van der Waals surface area contributed by atoms with Crippen molar-refractivity contribution in [3.8, 4) is 0 Å². The number of allylic oxidation sites excluding steroid dienone is 1. The molecule has 48 heavy (non-hydrogen) atoms. The van der Waals surface area contributed by atoms with E-state index in [1.165, 1.54) is 0 Å². The molecule has 7 nitrogen and oxygen atoms in total. The Morgan fingerprint density at radius 2 is 1.48 bits per heavy atom. The Morgan fingerprint density at radius 3 is 2.15 bits per heavy atom. The van der Waals surface area contributed by atoms with Crippen molar-refractivity contribution in [2.24, 2.45) is 28.6 Å². The summed E-state index contributed by atoms with van der Waals surface area (Å²) in [5.41, 5.74) is -0.585. The smallest absolute Gasteiger partial charge is 0.185 e. The quantitative estimate of drug-likeness (QED) is 0.335. The maximum absolute atomic E-state index is 14.1. The average Bonchev–Trinajstić information content (AvgIpc) is 3.71. The largest absolute Gasteiger partial charge is 0.390 e. The molecule has 4 aliphatic carbocycles. The molecule has 2 aromatic rings. The van der Waals surface area contributed by atoms with Gasteiger partial charge in [-0.1, -0.05) is 74.5 Å². The van der Waals surface area contributed by atoms with Crippen molar-refractivity contribution in [1.29, 1.82) is 0 Å². The molecule has 5 fully saturated rings. The highest BCUT2D eigenvalue weighted by molar-refractivity contribution is 5.95. The van der Waals surface area contributed by atoms with Gasteiger partial charge in [-0.15, -0.1) is 0 Å². The van der Waals surface area contributed by atoms with Gasteiger partial charge in [-0.3, -0.25) is 4.79 Å². The summed E-state index contributed by atoms with van der Waals surface area (Å²) in [4.78, 5) is 14.1. The second-order valence-corrected chi connectivity index (χ2v) is 17.1. The Labute approximate surface area is 285 Å². The lowest BCUT2D eigenvalue weighted by molar-refractivity contribution is -0.164. The van der Waals surface area contributed by atoms with E-state index in [0.717, 1.165) is 42.4 Å². The maximum atomic E-state index is 14.1. The number of hydrogen-bond acceptors (Lipinski definition) is 7. The molecule has 12 atom stereocenters. The Balaban J connectivity index is 1.09. The van der Waals surface area contributed by atoms with Crippen molar-refractivity contribution < 1.29 is 34.0 Å². The molecule has 2 heterocycles. The Morgan fingerprint density at radius 1 is 0.833 bits per heavy atom. The zero-order valence-electron chi connectivity index (χ0n) is 29.1. The summed E-state index contributed by atoms with van der Waals surface area (Å²) in [5.74, 6) is 0.0486. The molecule has 2 saturated heterocycles. The first-order valence-corrected chi connectivity index (χ1v) is 18.2. The van der Waals surface area contributed by atoms with E-state index in [1.807, 2.05) is 80.6 Å². The second kappa shape index (κ2) is 11.3. The van der Waals surface area contributed by atoms with Crippen LogP contribution in [0.2, 0.25) is 0 Å². The fraction of sp³-hybridized carbons (Fsp3) is 0.634. The number of hydrogen-bond donors (Lipinski definition) is 2. The van der Waals surface area contributed by atoms with Gasteiger partial charge in [0.05, 0.1) is 35.1 Å². The summed E-state index contributed by atoms with van der Waals surface area (Å²) in [6.45, 7) is 10.3. The van der Waals surface area contributed by atoms with Crippen LogP contribution in [0.3, 0.4) is 0 Å². The summed E-state index contributed by atoms with van der Waals surface area (Å²) < 4.78 is 26.7. The summed E-state index contributed by atoms with van der Waals surface area (Å²) in [6, 6.07) is 20.1. The Bertz CT molecular complexity index is 1570. The van der Waals surface area contributed by atoms with Crippen molar-refractivity contribution in [2.45, 2.75) is 134 Å². The molecule has 0 aromatic heterocycles. The van der Waals surface area contributed by atoms with E-state index >= 15 is 0 Å². The first kappa shape index (κ1) is 32.8. The van der Waals surface area contributed by atoms with E-state index in [1.54, 1.807) is 0 Å². The van der Waals surface area contributed by atoms with Crippen LogP contribution in [0.5, 0.6) is 0 Å². The average molecular weight is 657 g/mol. The van der Waals surface area contributed by atoms with Gasteiger partial charge >= 0.3 is 0 Å². The van der Waals surface area contributed by atoms with Gasteiger partial charge in [0, 0.05) is 22.5 Å². The molecule has 7 heteroatoms.